The maximum Gasteiger partial charge on any atom is 0.0961 e. The number of hydrogen-bond acceptors (Lipinski definition) is 4. The molecule has 0 aliphatic heterocycles. The highest BCUT2D eigenvalue weighted by atomic mass is 32.2. The van der Waals surface area contributed by atoms with Crippen LogP contribution in [0.4, 0.5) is 0 Å². The van der Waals surface area contributed by atoms with E-state index in [0.29, 0.717) is 5.04 Å². The number of nitrogens with zero attached hydrogens (tertiary/aromatic N) is 2. The predicted octanol–water partition coefficient (Wildman–Crippen LogP) is 10.9. The third-order valence-electron chi connectivity index (χ3n) is 9.51. The minimum absolute atomic E-state index is 0.247. The molecular weight excluding hydrogens is 605 g/mol. The van der Waals surface area contributed by atoms with E-state index in [1.165, 1.54) is 33.9 Å². The van der Waals surface area contributed by atoms with Gasteiger partial charge in [-0.3, -0.25) is 5.41 Å². The molecule has 0 spiro atoms. The number of benzene rings is 3. The Hall–Kier alpha value is -4.97. The van der Waals surface area contributed by atoms with Gasteiger partial charge in [0.1, 0.15) is 0 Å². The van der Waals surface area contributed by atoms with Crippen LogP contribution >= 0.6 is 11.8 Å². The first-order chi connectivity index (χ1) is 23.6. The maximum absolute atomic E-state index is 8.90. The van der Waals surface area contributed by atoms with Gasteiger partial charge in [0.25, 0.3) is 0 Å². The fourth-order valence-electron chi connectivity index (χ4n) is 6.97. The van der Waals surface area contributed by atoms with Gasteiger partial charge in [-0.1, -0.05) is 103 Å². The molecule has 3 N–H and O–H groups in total. The second kappa shape index (κ2) is 13.3. The van der Waals surface area contributed by atoms with E-state index in [2.05, 4.69) is 138 Å². The van der Waals surface area contributed by atoms with Crippen molar-refractivity contribution in [2.45, 2.75) is 43.9 Å². The summed E-state index contributed by atoms with van der Waals surface area (Å²) in [6, 6.07) is 28.2. The fourth-order valence-corrected chi connectivity index (χ4v) is 7.80. The zero-order valence-electron chi connectivity index (χ0n) is 26.9. The van der Waals surface area contributed by atoms with E-state index in [-0.39, 0.29) is 5.37 Å². The maximum atomic E-state index is 8.90. The number of fused-ring (bicyclic) bond motifs is 3. The minimum atomic E-state index is -0.247. The van der Waals surface area contributed by atoms with Crippen molar-refractivity contribution in [3.8, 4) is 16.9 Å². The summed E-state index contributed by atoms with van der Waals surface area (Å²) in [4.78, 5) is 5.20. The topological polar surface area (TPSA) is 67.7 Å². The van der Waals surface area contributed by atoms with Crippen LogP contribution in [-0.4, -0.2) is 20.0 Å². The Labute approximate surface area is 286 Å². The average molecular weight is 643 g/mol. The second-order valence-electron chi connectivity index (χ2n) is 12.6. The Morgan fingerprint density at radius 2 is 1.48 bits per heavy atom. The Morgan fingerprint density at radius 1 is 0.729 bits per heavy atom. The monoisotopic (exact) mass is 642 g/mol. The van der Waals surface area contributed by atoms with Gasteiger partial charge in [0.05, 0.1) is 32.8 Å². The Morgan fingerprint density at radius 3 is 2.23 bits per heavy atom. The number of para-hydroxylation sites is 1. The van der Waals surface area contributed by atoms with Crippen molar-refractivity contribution in [2.24, 2.45) is 5.73 Å². The van der Waals surface area contributed by atoms with Gasteiger partial charge in [-0.05, 0) is 103 Å². The largest absolute Gasteiger partial charge is 0.315 e. The van der Waals surface area contributed by atoms with Crippen LogP contribution in [0, 0.1) is 5.41 Å². The molecule has 0 fully saturated rings. The van der Waals surface area contributed by atoms with Crippen LogP contribution in [0.5, 0.6) is 0 Å². The molecule has 1 unspecified atom stereocenters. The Kier molecular flexibility index (Phi) is 8.39. The minimum Gasteiger partial charge on any atom is -0.315 e. The molecule has 0 radical (unpaired) electrons. The van der Waals surface area contributed by atoms with Crippen LogP contribution in [0.15, 0.2) is 139 Å². The molecule has 0 saturated carbocycles. The number of pyridine rings is 1. The van der Waals surface area contributed by atoms with Gasteiger partial charge < -0.3 is 10.3 Å². The molecule has 8 rings (SSSR count). The summed E-state index contributed by atoms with van der Waals surface area (Å²) in [6.45, 7) is 0. The van der Waals surface area contributed by atoms with E-state index < -0.39 is 0 Å². The summed E-state index contributed by atoms with van der Waals surface area (Å²) < 4.78 is 2.33. The molecule has 0 bridgehead atoms. The molecule has 4 nitrogen and oxygen atoms in total. The van der Waals surface area contributed by atoms with Crippen LogP contribution in [0.25, 0.3) is 49.9 Å². The van der Waals surface area contributed by atoms with Crippen molar-refractivity contribution in [1.29, 1.82) is 5.41 Å². The van der Waals surface area contributed by atoms with Crippen molar-refractivity contribution in [1.82, 2.24) is 9.55 Å². The standard InChI is InChI=1S/C43H38N4S/c44-42(32-16-8-3-9-17-32)48-43(45)33-22-25-41-37(26-33)36-18-10-11-19-40(36)47(41)35-23-20-31(21-24-35)39-28-34(29-12-4-1-5-13-29)27-38(46-39)30-14-6-2-7-15-30/h1-2,4,6,8,10-12,14,16-28,42,45H,3,5,7,9,13,15,44H2. The average Bonchev–Trinajstić information content (AvgIpc) is 3.49. The first-order valence-corrected chi connectivity index (χ1v) is 17.8. The van der Waals surface area contributed by atoms with Crippen molar-refractivity contribution < 1.29 is 0 Å². The molecule has 48 heavy (non-hydrogen) atoms. The van der Waals surface area contributed by atoms with Gasteiger partial charge in [0, 0.05) is 27.6 Å². The van der Waals surface area contributed by atoms with Gasteiger partial charge in [0.2, 0.25) is 0 Å². The predicted molar refractivity (Wildman–Crippen MR) is 206 cm³/mol. The third-order valence-corrected chi connectivity index (χ3v) is 10.5. The molecular formula is C43H38N4S. The zero-order valence-corrected chi connectivity index (χ0v) is 27.7. The number of aromatic nitrogens is 2. The van der Waals surface area contributed by atoms with Crippen LogP contribution < -0.4 is 5.73 Å². The number of hydrogen-bond donors (Lipinski definition) is 2. The van der Waals surface area contributed by atoms with E-state index in [9.17, 15) is 0 Å². The molecule has 3 aliphatic carbocycles. The molecule has 236 valence electrons. The highest BCUT2D eigenvalue weighted by Gasteiger charge is 2.18. The molecule has 5 aromatic rings. The van der Waals surface area contributed by atoms with Crippen molar-refractivity contribution in [3.63, 3.8) is 0 Å². The molecule has 5 heteroatoms. The number of rotatable bonds is 7. The molecule has 2 aromatic heterocycles. The van der Waals surface area contributed by atoms with Crippen LogP contribution in [0.3, 0.4) is 0 Å². The van der Waals surface area contributed by atoms with E-state index in [4.69, 9.17) is 16.1 Å². The molecule has 0 amide bonds. The van der Waals surface area contributed by atoms with Gasteiger partial charge in [-0.2, -0.15) is 0 Å². The normalized spacial score (nSPS) is 16.6. The lowest BCUT2D eigenvalue weighted by molar-refractivity contribution is 0.977. The SMILES string of the molecule is N=C(SC(N)C1=CCCC=C1)c1ccc2c(c1)c1ccccc1n2-c1ccc(-c2cc(C3=CC=CCC3)cc(C3=CC=CCC3)n2)cc1. The lowest BCUT2D eigenvalue weighted by Crippen LogP contribution is -2.20. The lowest BCUT2D eigenvalue weighted by atomic mass is 9.93. The van der Waals surface area contributed by atoms with E-state index in [0.717, 1.165) is 88.7 Å². The smallest absolute Gasteiger partial charge is 0.0961 e. The summed E-state index contributed by atoms with van der Waals surface area (Å²) in [5.74, 6) is 0. The van der Waals surface area contributed by atoms with Gasteiger partial charge in [0.15, 0.2) is 0 Å². The Balaban J connectivity index is 1.15. The van der Waals surface area contributed by atoms with Gasteiger partial charge >= 0.3 is 0 Å². The van der Waals surface area contributed by atoms with E-state index in [1.807, 2.05) is 0 Å². The summed E-state index contributed by atoms with van der Waals surface area (Å²) >= 11 is 1.41. The quantitative estimate of drug-likeness (QED) is 0.105. The summed E-state index contributed by atoms with van der Waals surface area (Å²) in [7, 11) is 0. The van der Waals surface area contributed by atoms with Gasteiger partial charge in [-0.15, -0.1) is 0 Å². The lowest BCUT2D eigenvalue weighted by Gasteiger charge is -2.16. The number of nitrogens with two attached hydrogens (primary N) is 1. The van der Waals surface area contributed by atoms with Crippen LogP contribution in [0.2, 0.25) is 0 Å². The molecule has 3 aliphatic rings. The second-order valence-corrected chi connectivity index (χ2v) is 13.8. The van der Waals surface area contributed by atoms with Crippen molar-refractivity contribution in [3.05, 3.63) is 156 Å². The highest BCUT2D eigenvalue weighted by molar-refractivity contribution is 8.14. The van der Waals surface area contributed by atoms with Crippen LogP contribution in [-0.2, 0) is 0 Å². The van der Waals surface area contributed by atoms with E-state index >= 15 is 0 Å². The van der Waals surface area contributed by atoms with Gasteiger partial charge in [-0.25, -0.2) is 4.98 Å². The first kappa shape index (κ1) is 30.4. The summed E-state index contributed by atoms with van der Waals surface area (Å²) in [5, 5.41) is 11.4. The number of nitrogens with one attached hydrogen (secondary N) is 1. The molecule has 3 aromatic carbocycles. The summed E-state index contributed by atoms with van der Waals surface area (Å²) in [5.41, 5.74) is 18.9. The highest BCUT2D eigenvalue weighted by Crippen LogP contribution is 2.36. The van der Waals surface area contributed by atoms with Crippen molar-refractivity contribution in [2.75, 3.05) is 0 Å². The van der Waals surface area contributed by atoms with Crippen molar-refractivity contribution >= 4 is 49.8 Å². The summed E-state index contributed by atoms with van der Waals surface area (Å²) in [6.07, 6.45) is 26.0. The molecule has 0 saturated heterocycles. The van der Waals surface area contributed by atoms with E-state index in [1.54, 1.807) is 0 Å². The third kappa shape index (κ3) is 5.96. The van der Waals surface area contributed by atoms with Crippen LogP contribution in [0.1, 0.15) is 55.3 Å². The number of allylic oxidation sites excluding steroid dienone is 10. The fraction of sp³-hybridized carbons (Fsp3) is 0.163. The molecule has 2 heterocycles. The Bertz CT molecular complexity index is 2190. The number of thioether (sulfide) groups is 1. The molecule has 1 atom stereocenters. The first-order valence-electron chi connectivity index (χ1n) is 16.9. The zero-order chi connectivity index (χ0) is 32.5.